The van der Waals surface area contributed by atoms with Crippen molar-refractivity contribution < 1.29 is 14.0 Å². The Bertz CT molecular complexity index is 548. The molecule has 0 saturated carbocycles. The predicted molar refractivity (Wildman–Crippen MR) is 83.0 cm³/mol. The minimum atomic E-state index is -0.490. The minimum absolute atomic E-state index is 0.126. The number of rotatable bonds is 4. The molecule has 1 unspecified atom stereocenters. The SMILES string of the molecule is CC(C)CNC(=O)C1CCCN1C(=O)Nc1ccccc1F. The summed E-state index contributed by atoms with van der Waals surface area (Å²) < 4.78 is 13.6. The standard InChI is InChI=1S/C16H22FN3O2/c1-11(2)10-18-15(21)14-8-5-9-20(14)16(22)19-13-7-4-3-6-12(13)17/h3-4,6-7,11,14H,5,8-10H2,1-2H3,(H,18,21)(H,19,22). The van der Waals surface area contributed by atoms with E-state index in [2.05, 4.69) is 10.6 Å². The van der Waals surface area contributed by atoms with E-state index in [1.54, 1.807) is 12.1 Å². The van der Waals surface area contributed by atoms with Gasteiger partial charge in [-0.1, -0.05) is 26.0 Å². The molecule has 1 heterocycles. The highest BCUT2D eigenvalue weighted by atomic mass is 19.1. The van der Waals surface area contributed by atoms with Gasteiger partial charge in [0.15, 0.2) is 0 Å². The Balaban J connectivity index is 1.99. The van der Waals surface area contributed by atoms with E-state index in [0.29, 0.717) is 25.4 Å². The zero-order chi connectivity index (χ0) is 16.1. The summed E-state index contributed by atoms with van der Waals surface area (Å²) in [5.41, 5.74) is 0.126. The largest absolute Gasteiger partial charge is 0.354 e. The van der Waals surface area contributed by atoms with Gasteiger partial charge in [-0.3, -0.25) is 4.79 Å². The first-order valence-corrected chi connectivity index (χ1v) is 7.59. The molecule has 1 aromatic rings. The molecule has 5 nitrogen and oxygen atoms in total. The highest BCUT2D eigenvalue weighted by molar-refractivity contribution is 5.94. The normalized spacial score (nSPS) is 17.6. The summed E-state index contributed by atoms with van der Waals surface area (Å²) in [5, 5.41) is 5.38. The van der Waals surface area contributed by atoms with Crippen molar-refractivity contribution >= 4 is 17.6 Å². The van der Waals surface area contributed by atoms with E-state index in [-0.39, 0.29) is 11.6 Å². The molecule has 0 aromatic heterocycles. The summed E-state index contributed by atoms with van der Waals surface area (Å²) in [4.78, 5) is 25.9. The Morgan fingerprint density at radius 1 is 1.36 bits per heavy atom. The number of carbonyl (C=O) groups is 2. The van der Waals surface area contributed by atoms with Gasteiger partial charge in [-0.25, -0.2) is 9.18 Å². The summed E-state index contributed by atoms with van der Waals surface area (Å²) in [5.74, 6) is -0.281. The van der Waals surface area contributed by atoms with E-state index < -0.39 is 17.9 Å². The van der Waals surface area contributed by atoms with Crippen LogP contribution in [0.1, 0.15) is 26.7 Å². The van der Waals surface area contributed by atoms with Gasteiger partial charge in [0, 0.05) is 13.1 Å². The van der Waals surface area contributed by atoms with E-state index in [0.717, 1.165) is 6.42 Å². The van der Waals surface area contributed by atoms with Crippen LogP contribution in [0, 0.1) is 11.7 Å². The monoisotopic (exact) mass is 307 g/mol. The number of urea groups is 1. The van der Waals surface area contributed by atoms with Crippen LogP contribution in [0.4, 0.5) is 14.9 Å². The van der Waals surface area contributed by atoms with Crippen LogP contribution in [-0.4, -0.2) is 36.0 Å². The van der Waals surface area contributed by atoms with E-state index in [9.17, 15) is 14.0 Å². The lowest BCUT2D eigenvalue weighted by Crippen LogP contribution is -2.48. The average molecular weight is 307 g/mol. The Morgan fingerprint density at radius 3 is 2.77 bits per heavy atom. The van der Waals surface area contributed by atoms with Crippen LogP contribution in [-0.2, 0) is 4.79 Å². The summed E-state index contributed by atoms with van der Waals surface area (Å²) in [7, 11) is 0. The highest BCUT2D eigenvalue weighted by Gasteiger charge is 2.34. The number of carbonyl (C=O) groups excluding carboxylic acids is 2. The third-order valence-electron chi connectivity index (χ3n) is 3.62. The van der Waals surface area contributed by atoms with Crippen molar-refractivity contribution in [3.05, 3.63) is 30.1 Å². The molecule has 3 amide bonds. The number of benzene rings is 1. The number of para-hydroxylation sites is 1. The molecular formula is C16H22FN3O2. The average Bonchev–Trinajstić information content (AvgIpc) is 2.96. The number of nitrogens with zero attached hydrogens (tertiary/aromatic N) is 1. The maximum atomic E-state index is 13.6. The molecule has 1 saturated heterocycles. The van der Waals surface area contributed by atoms with E-state index in [1.165, 1.54) is 17.0 Å². The van der Waals surface area contributed by atoms with Gasteiger partial charge in [-0.2, -0.15) is 0 Å². The molecule has 0 aliphatic carbocycles. The molecule has 0 bridgehead atoms. The third kappa shape index (κ3) is 3.96. The summed E-state index contributed by atoms with van der Waals surface area (Å²) in [6.45, 7) is 5.10. The first-order valence-electron chi connectivity index (χ1n) is 7.59. The van der Waals surface area contributed by atoms with Crippen molar-refractivity contribution in [3.63, 3.8) is 0 Å². The first kappa shape index (κ1) is 16.3. The molecule has 1 aliphatic rings. The molecule has 2 N–H and O–H groups in total. The fraction of sp³-hybridized carbons (Fsp3) is 0.500. The topological polar surface area (TPSA) is 61.4 Å². The number of nitrogens with one attached hydrogen (secondary N) is 2. The molecule has 22 heavy (non-hydrogen) atoms. The van der Waals surface area contributed by atoms with Crippen molar-refractivity contribution in [2.75, 3.05) is 18.4 Å². The lowest BCUT2D eigenvalue weighted by Gasteiger charge is -2.24. The van der Waals surface area contributed by atoms with Gasteiger partial charge >= 0.3 is 6.03 Å². The summed E-state index contributed by atoms with van der Waals surface area (Å²) >= 11 is 0. The number of halogens is 1. The van der Waals surface area contributed by atoms with Crippen molar-refractivity contribution in [3.8, 4) is 0 Å². The maximum absolute atomic E-state index is 13.6. The Labute approximate surface area is 129 Å². The molecular weight excluding hydrogens is 285 g/mol. The first-order chi connectivity index (χ1) is 10.5. The van der Waals surface area contributed by atoms with Gasteiger partial charge in [0.1, 0.15) is 11.9 Å². The molecule has 0 spiro atoms. The quantitative estimate of drug-likeness (QED) is 0.898. The number of hydrogen-bond acceptors (Lipinski definition) is 2. The summed E-state index contributed by atoms with van der Waals surface area (Å²) in [6.07, 6.45) is 1.40. The van der Waals surface area contributed by atoms with E-state index >= 15 is 0 Å². The highest BCUT2D eigenvalue weighted by Crippen LogP contribution is 2.20. The number of likely N-dealkylation sites (tertiary alicyclic amines) is 1. The van der Waals surface area contributed by atoms with E-state index in [4.69, 9.17) is 0 Å². The Kier molecular flexibility index (Phi) is 5.35. The van der Waals surface area contributed by atoms with Crippen molar-refractivity contribution in [2.45, 2.75) is 32.7 Å². The van der Waals surface area contributed by atoms with Crippen LogP contribution in [0.3, 0.4) is 0 Å². The molecule has 0 radical (unpaired) electrons. The van der Waals surface area contributed by atoms with Crippen molar-refractivity contribution in [1.29, 1.82) is 0 Å². The van der Waals surface area contributed by atoms with Crippen LogP contribution in [0.25, 0.3) is 0 Å². The zero-order valence-electron chi connectivity index (χ0n) is 12.9. The molecule has 1 fully saturated rings. The third-order valence-corrected chi connectivity index (χ3v) is 3.62. The smallest absolute Gasteiger partial charge is 0.322 e. The van der Waals surface area contributed by atoms with Crippen LogP contribution in [0.2, 0.25) is 0 Å². The molecule has 1 aliphatic heterocycles. The summed E-state index contributed by atoms with van der Waals surface area (Å²) in [6, 6.07) is 5.07. The fourth-order valence-corrected chi connectivity index (χ4v) is 2.45. The molecule has 2 rings (SSSR count). The van der Waals surface area contributed by atoms with Gasteiger partial charge in [0.25, 0.3) is 0 Å². The van der Waals surface area contributed by atoms with Crippen molar-refractivity contribution in [1.82, 2.24) is 10.2 Å². The predicted octanol–water partition coefficient (Wildman–Crippen LogP) is 2.59. The second-order valence-electron chi connectivity index (χ2n) is 5.90. The second kappa shape index (κ2) is 7.24. The van der Waals surface area contributed by atoms with Gasteiger partial charge in [0.05, 0.1) is 5.69 Å². The number of amides is 3. The number of hydrogen-bond donors (Lipinski definition) is 2. The number of anilines is 1. The second-order valence-corrected chi connectivity index (χ2v) is 5.90. The lowest BCUT2D eigenvalue weighted by molar-refractivity contribution is -0.124. The van der Waals surface area contributed by atoms with Gasteiger partial charge in [0.2, 0.25) is 5.91 Å². The van der Waals surface area contributed by atoms with Gasteiger partial charge in [-0.15, -0.1) is 0 Å². The van der Waals surface area contributed by atoms with Crippen LogP contribution < -0.4 is 10.6 Å². The molecule has 6 heteroatoms. The van der Waals surface area contributed by atoms with Crippen molar-refractivity contribution in [2.24, 2.45) is 5.92 Å². The Hall–Kier alpha value is -2.11. The molecule has 120 valence electrons. The van der Waals surface area contributed by atoms with Gasteiger partial charge < -0.3 is 15.5 Å². The van der Waals surface area contributed by atoms with Gasteiger partial charge in [-0.05, 0) is 30.9 Å². The van der Waals surface area contributed by atoms with Crippen LogP contribution in [0.5, 0.6) is 0 Å². The zero-order valence-corrected chi connectivity index (χ0v) is 12.9. The van der Waals surface area contributed by atoms with E-state index in [1.807, 2.05) is 13.8 Å². The molecule has 1 aromatic carbocycles. The minimum Gasteiger partial charge on any atom is -0.354 e. The maximum Gasteiger partial charge on any atom is 0.322 e. The Morgan fingerprint density at radius 2 is 2.09 bits per heavy atom. The fourth-order valence-electron chi connectivity index (χ4n) is 2.45. The van der Waals surface area contributed by atoms with Crippen LogP contribution >= 0.6 is 0 Å². The molecule has 1 atom stereocenters. The lowest BCUT2D eigenvalue weighted by atomic mass is 10.2. The van der Waals surface area contributed by atoms with Crippen LogP contribution in [0.15, 0.2) is 24.3 Å².